The molecule has 0 fully saturated rings. The van der Waals surface area contributed by atoms with Crippen LogP contribution in [-0.4, -0.2) is 38.7 Å². The monoisotopic (exact) mass is 160 g/mol. The van der Waals surface area contributed by atoms with E-state index in [1.54, 1.807) is 0 Å². The van der Waals surface area contributed by atoms with Gasteiger partial charge in [0.1, 0.15) is 11.5 Å². The normalized spacial score (nSPS) is 17.5. The molecule has 1 rings (SSSR count). The van der Waals surface area contributed by atoms with Crippen molar-refractivity contribution in [2.45, 2.75) is 0 Å². The van der Waals surface area contributed by atoms with Gasteiger partial charge in [-0.1, -0.05) is 12.2 Å². The molecule has 0 unspecified atom stereocenters. The lowest BCUT2D eigenvalue weighted by molar-refractivity contribution is -0.132. The lowest BCUT2D eigenvalue weighted by Gasteiger charge is -2.04. The maximum Gasteiger partial charge on any atom is 0.374 e. The van der Waals surface area contributed by atoms with E-state index in [2.05, 4.69) is 17.2 Å². The third-order valence-electron chi connectivity index (χ3n) is 0.951. The molecule has 0 saturated heterocycles. The van der Waals surface area contributed by atoms with Crippen LogP contribution in [0.25, 0.3) is 0 Å². The first-order valence-electron chi connectivity index (χ1n) is 2.42. The average Bonchev–Trinajstić information content (AvgIpc) is 2.10. The van der Waals surface area contributed by atoms with E-state index < -0.39 is 11.8 Å². The van der Waals surface area contributed by atoms with Crippen LogP contribution in [0.5, 0.6) is 0 Å². The minimum absolute atomic E-state index is 0.00301. The van der Waals surface area contributed by atoms with E-state index in [9.17, 15) is 4.79 Å². The number of hydrogen-bond donors (Lipinski definition) is 2. The molecule has 0 aromatic carbocycles. The molecular weight excluding hydrogens is 156 g/mol. The van der Waals surface area contributed by atoms with Gasteiger partial charge in [-0.15, -0.1) is 0 Å². The Morgan fingerprint density at radius 3 is 2.60 bits per heavy atom. The zero-order valence-electron chi connectivity index (χ0n) is 4.81. The first-order chi connectivity index (χ1) is 4.61. The molecule has 1 aliphatic heterocycles. The molecule has 1 aliphatic rings. The smallest absolute Gasteiger partial charge is 0.374 e. The van der Waals surface area contributed by atoms with Crippen molar-refractivity contribution in [1.82, 2.24) is 5.06 Å². The highest BCUT2D eigenvalue weighted by atomic mass is 32.1. The van der Waals surface area contributed by atoms with E-state index >= 15 is 0 Å². The number of carboxylic acids is 1. The summed E-state index contributed by atoms with van der Waals surface area (Å²) >= 11 is 4.54. The Hall–Kier alpha value is -1.01. The minimum atomic E-state index is -1.28. The lowest BCUT2D eigenvalue weighted by Crippen LogP contribution is -2.30. The van der Waals surface area contributed by atoms with E-state index in [-0.39, 0.29) is 11.5 Å². The van der Waals surface area contributed by atoms with E-state index in [1.165, 1.54) is 0 Å². The summed E-state index contributed by atoms with van der Waals surface area (Å²) in [6, 6.07) is 0. The Labute approximate surface area is 61.5 Å². The minimum Gasteiger partial charge on any atom is -0.475 e. The highest BCUT2D eigenvalue weighted by molar-refractivity contribution is 7.80. The van der Waals surface area contributed by atoms with E-state index in [0.717, 1.165) is 0 Å². The van der Waals surface area contributed by atoms with Gasteiger partial charge in [-0.25, -0.2) is 14.9 Å². The number of aliphatic imine (C=N–C) groups is 1. The summed E-state index contributed by atoms with van der Waals surface area (Å²) in [5, 5.41) is 17.6. The molecule has 0 spiro atoms. The summed E-state index contributed by atoms with van der Waals surface area (Å²) in [7, 11) is 0. The maximum atomic E-state index is 10.2. The lowest BCUT2D eigenvalue weighted by atomic mass is 10.6. The van der Waals surface area contributed by atoms with Crippen molar-refractivity contribution < 1.29 is 15.1 Å². The number of carboxylic acid groups (broad SMARTS) is 1. The first kappa shape index (κ1) is 7.10. The Kier molecular flexibility index (Phi) is 1.64. The molecule has 0 saturated carbocycles. The predicted octanol–water partition coefficient (Wildman–Crippen LogP) is -0.498. The number of hydroxylamine groups is 2. The summed E-state index contributed by atoms with van der Waals surface area (Å²) in [5.41, 5.74) is 0. The number of hydrogen-bond acceptors (Lipinski definition) is 4. The Balaban J connectivity index is 2.85. The Morgan fingerprint density at radius 2 is 2.40 bits per heavy atom. The van der Waals surface area contributed by atoms with Crippen LogP contribution in [0.4, 0.5) is 0 Å². The molecule has 0 aromatic rings. The van der Waals surface area contributed by atoms with Crippen molar-refractivity contribution in [3.63, 3.8) is 0 Å². The largest absolute Gasteiger partial charge is 0.475 e. The number of carbonyl (C=O) groups is 1. The second-order valence-electron chi connectivity index (χ2n) is 1.69. The predicted molar refractivity (Wildman–Crippen MR) is 36.2 cm³/mol. The second kappa shape index (κ2) is 2.31. The van der Waals surface area contributed by atoms with Crippen LogP contribution in [0.15, 0.2) is 4.99 Å². The van der Waals surface area contributed by atoms with Crippen molar-refractivity contribution in [3.8, 4) is 0 Å². The van der Waals surface area contributed by atoms with Gasteiger partial charge in [0.05, 0.1) is 0 Å². The number of aliphatic carboxylic acids is 1. The van der Waals surface area contributed by atoms with Crippen LogP contribution < -0.4 is 0 Å². The van der Waals surface area contributed by atoms with Crippen molar-refractivity contribution in [3.05, 3.63) is 0 Å². The summed E-state index contributed by atoms with van der Waals surface area (Å²) < 4.78 is 0. The molecule has 0 aliphatic carbocycles. The summed E-state index contributed by atoms with van der Waals surface area (Å²) in [6.45, 7) is -0.00301. The standard InChI is InChI=1S/C4H4N2O3S/c7-4(8)3-5-2(10)1-6(3)9/h9H,1H2,(H,7,8). The van der Waals surface area contributed by atoms with E-state index in [0.29, 0.717) is 5.06 Å². The SMILES string of the molecule is O=C(O)C1=NC(=S)CN1O. The van der Waals surface area contributed by atoms with E-state index in [4.69, 9.17) is 10.3 Å². The van der Waals surface area contributed by atoms with Gasteiger partial charge >= 0.3 is 5.97 Å². The quantitative estimate of drug-likeness (QED) is 0.506. The number of rotatable bonds is 1. The maximum absolute atomic E-state index is 10.2. The fourth-order valence-electron chi connectivity index (χ4n) is 0.572. The van der Waals surface area contributed by atoms with Crippen molar-refractivity contribution >= 4 is 29.0 Å². The van der Waals surface area contributed by atoms with Crippen LogP contribution in [0.3, 0.4) is 0 Å². The van der Waals surface area contributed by atoms with Crippen molar-refractivity contribution in [2.75, 3.05) is 6.54 Å². The van der Waals surface area contributed by atoms with Crippen LogP contribution in [0.1, 0.15) is 0 Å². The molecule has 0 atom stereocenters. The zero-order valence-corrected chi connectivity index (χ0v) is 5.63. The molecule has 2 N–H and O–H groups in total. The summed E-state index contributed by atoms with van der Waals surface area (Å²) in [6.07, 6.45) is 0. The highest BCUT2D eigenvalue weighted by Gasteiger charge is 2.24. The van der Waals surface area contributed by atoms with Crippen LogP contribution >= 0.6 is 12.2 Å². The van der Waals surface area contributed by atoms with Gasteiger partial charge in [-0.2, -0.15) is 0 Å². The number of nitrogens with zero attached hydrogens (tertiary/aromatic N) is 2. The average molecular weight is 160 g/mol. The Bertz CT molecular complexity index is 225. The molecule has 10 heavy (non-hydrogen) atoms. The molecule has 0 radical (unpaired) electrons. The molecule has 1 heterocycles. The molecule has 5 nitrogen and oxygen atoms in total. The van der Waals surface area contributed by atoms with Gasteiger partial charge in [0, 0.05) is 0 Å². The third-order valence-corrected chi connectivity index (χ3v) is 1.17. The van der Waals surface area contributed by atoms with Gasteiger partial charge < -0.3 is 5.11 Å². The van der Waals surface area contributed by atoms with Crippen LogP contribution in [0.2, 0.25) is 0 Å². The van der Waals surface area contributed by atoms with E-state index in [1.807, 2.05) is 0 Å². The highest BCUT2D eigenvalue weighted by Crippen LogP contribution is 2.00. The van der Waals surface area contributed by atoms with Crippen molar-refractivity contribution in [2.24, 2.45) is 4.99 Å². The molecule has 0 bridgehead atoms. The topological polar surface area (TPSA) is 73.1 Å². The molecule has 6 heteroatoms. The first-order valence-corrected chi connectivity index (χ1v) is 2.83. The summed E-state index contributed by atoms with van der Waals surface area (Å²) in [5.74, 6) is -1.69. The van der Waals surface area contributed by atoms with Crippen LogP contribution in [0, 0.1) is 0 Å². The van der Waals surface area contributed by atoms with Gasteiger partial charge in [0.25, 0.3) is 0 Å². The third kappa shape index (κ3) is 1.12. The summed E-state index contributed by atoms with van der Waals surface area (Å²) in [4.78, 5) is 13.7. The zero-order chi connectivity index (χ0) is 7.72. The molecular formula is C4H4N2O3S. The molecule has 54 valence electrons. The van der Waals surface area contributed by atoms with Gasteiger partial charge in [-0.05, 0) is 0 Å². The number of thiocarbonyl (C=S) groups is 1. The van der Waals surface area contributed by atoms with Gasteiger partial charge in [-0.3, -0.25) is 5.21 Å². The second-order valence-corrected chi connectivity index (χ2v) is 2.16. The Morgan fingerprint density at radius 1 is 1.80 bits per heavy atom. The van der Waals surface area contributed by atoms with Gasteiger partial charge in [0.15, 0.2) is 0 Å². The van der Waals surface area contributed by atoms with Crippen LogP contribution in [-0.2, 0) is 4.79 Å². The fraction of sp³-hybridized carbons (Fsp3) is 0.250. The number of amidine groups is 1. The molecule has 0 amide bonds. The molecule has 0 aromatic heterocycles. The fourth-order valence-corrected chi connectivity index (χ4v) is 0.781. The van der Waals surface area contributed by atoms with Crippen molar-refractivity contribution in [1.29, 1.82) is 0 Å². The van der Waals surface area contributed by atoms with Gasteiger partial charge in [0.2, 0.25) is 5.84 Å².